The van der Waals surface area contributed by atoms with Gasteiger partial charge in [0.25, 0.3) is 11.5 Å². The van der Waals surface area contributed by atoms with Gasteiger partial charge in [0.2, 0.25) is 0 Å². The molecule has 1 heterocycles. The quantitative estimate of drug-likeness (QED) is 0.654. The summed E-state index contributed by atoms with van der Waals surface area (Å²) in [4.78, 5) is 22.5. The van der Waals surface area contributed by atoms with Gasteiger partial charge in [-0.15, -0.1) is 0 Å². The van der Waals surface area contributed by atoms with E-state index in [2.05, 4.69) is 36.7 Å². The summed E-state index contributed by atoms with van der Waals surface area (Å²) in [5, 5.41) is 9.56. The number of benzene rings is 1. The van der Waals surface area contributed by atoms with E-state index in [4.69, 9.17) is 0 Å². The van der Waals surface area contributed by atoms with E-state index < -0.39 is 5.91 Å². The monoisotopic (exact) mass is 346 g/mol. The van der Waals surface area contributed by atoms with Crippen LogP contribution in [0.25, 0.3) is 6.08 Å². The lowest BCUT2D eigenvalue weighted by Gasteiger charge is -1.97. The summed E-state index contributed by atoms with van der Waals surface area (Å²) < 4.78 is 0.698. The number of H-pyrrole nitrogens is 1. The number of nitrogens with one attached hydrogen (secondary N) is 2. The Kier molecular flexibility index (Phi) is 5.16. The van der Waals surface area contributed by atoms with E-state index in [0.29, 0.717) is 4.48 Å². The van der Waals surface area contributed by atoms with Crippen LogP contribution in [0.15, 0.2) is 56.8 Å². The lowest BCUT2D eigenvalue weighted by molar-refractivity contribution is 0.0949. The van der Waals surface area contributed by atoms with E-state index in [9.17, 15) is 9.59 Å². The number of halogens is 1. The summed E-state index contributed by atoms with van der Waals surface area (Å²) in [5.41, 5.74) is 3.02. The molecular formula is C14H11BrN4O2. The van der Waals surface area contributed by atoms with Crippen LogP contribution in [0, 0.1) is 0 Å². The van der Waals surface area contributed by atoms with Crippen molar-refractivity contribution in [1.29, 1.82) is 0 Å². The molecule has 21 heavy (non-hydrogen) atoms. The van der Waals surface area contributed by atoms with Gasteiger partial charge in [0.15, 0.2) is 5.69 Å². The van der Waals surface area contributed by atoms with Crippen LogP contribution in [0.3, 0.4) is 0 Å². The van der Waals surface area contributed by atoms with Crippen molar-refractivity contribution in [1.82, 2.24) is 15.6 Å². The number of aromatic nitrogens is 2. The van der Waals surface area contributed by atoms with Gasteiger partial charge in [0.1, 0.15) is 0 Å². The first-order valence-electron chi connectivity index (χ1n) is 5.96. The molecule has 7 heteroatoms. The molecule has 1 aromatic carbocycles. The van der Waals surface area contributed by atoms with Gasteiger partial charge in [-0.05, 0) is 33.6 Å². The lowest BCUT2D eigenvalue weighted by atomic mass is 10.2. The van der Waals surface area contributed by atoms with Gasteiger partial charge in [-0.1, -0.05) is 30.3 Å². The van der Waals surface area contributed by atoms with Gasteiger partial charge in [-0.2, -0.15) is 10.2 Å². The van der Waals surface area contributed by atoms with E-state index in [-0.39, 0.29) is 11.3 Å². The van der Waals surface area contributed by atoms with E-state index in [1.165, 1.54) is 18.3 Å². The summed E-state index contributed by atoms with van der Waals surface area (Å²) in [6.07, 6.45) is 3.31. The molecule has 0 atom stereocenters. The predicted molar refractivity (Wildman–Crippen MR) is 84.2 cm³/mol. The molecule has 0 radical (unpaired) electrons. The summed E-state index contributed by atoms with van der Waals surface area (Å²) in [7, 11) is 0. The number of rotatable bonds is 4. The Morgan fingerprint density at radius 3 is 2.67 bits per heavy atom. The van der Waals surface area contributed by atoms with Gasteiger partial charge in [-0.25, -0.2) is 10.5 Å². The van der Waals surface area contributed by atoms with Crippen molar-refractivity contribution in [2.24, 2.45) is 5.10 Å². The standard InChI is InChI=1S/C14H11BrN4O2/c15-11(8-10-4-2-1-3-5-10)9-16-19-14(21)12-6-7-13(20)18-17-12/h1-9H,(H,18,20)(H,19,21)/b11-8-,16-9-. The highest BCUT2D eigenvalue weighted by molar-refractivity contribution is 9.12. The largest absolute Gasteiger partial charge is 0.291 e. The third kappa shape index (κ3) is 4.81. The number of nitrogens with zero attached hydrogens (tertiary/aromatic N) is 2. The molecule has 0 unspecified atom stereocenters. The Balaban J connectivity index is 1.96. The minimum absolute atomic E-state index is 0.0786. The van der Waals surface area contributed by atoms with Gasteiger partial charge < -0.3 is 0 Å². The first-order valence-corrected chi connectivity index (χ1v) is 6.76. The zero-order chi connectivity index (χ0) is 15.1. The molecule has 0 saturated heterocycles. The van der Waals surface area contributed by atoms with Crippen LogP contribution in [0.5, 0.6) is 0 Å². The number of carbonyl (C=O) groups is 1. The Labute approximate surface area is 128 Å². The second kappa shape index (κ2) is 7.30. The Hall–Kier alpha value is -2.54. The second-order valence-corrected chi connectivity index (χ2v) is 4.86. The summed E-state index contributed by atoms with van der Waals surface area (Å²) in [6, 6.07) is 12.2. The smallest absolute Gasteiger partial charge is 0.268 e. The van der Waals surface area contributed by atoms with Crippen molar-refractivity contribution < 1.29 is 4.79 Å². The fourth-order valence-electron chi connectivity index (χ4n) is 1.43. The van der Waals surface area contributed by atoms with Gasteiger partial charge in [0.05, 0.1) is 6.21 Å². The van der Waals surface area contributed by atoms with Gasteiger partial charge in [0, 0.05) is 10.5 Å². The number of allylic oxidation sites excluding steroid dienone is 1. The minimum atomic E-state index is -0.512. The predicted octanol–water partition coefficient (Wildman–Crippen LogP) is 1.92. The maximum atomic E-state index is 11.7. The van der Waals surface area contributed by atoms with Crippen molar-refractivity contribution in [3.63, 3.8) is 0 Å². The highest BCUT2D eigenvalue weighted by atomic mass is 79.9. The Morgan fingerprint density at radius 1 is 1.24 bits per heavy atom. The van der Waals surface area contributed by atoms with Crippen LogP contribution in [-0.4, -0.2) is 22.3 Å². The molecular weight excluding hydrogens is 336 g/mol. The number of amides is 1. The van der Waals surface area contributed by atoms with Crippen LogP contribution in [-0.2, 0) is 0 Å². The average molecular weight is 347 g/mol. The van der Waals surface area contributed by atoms with Crippen molar-refractivity contribution in [2.45, 2.75) is 0 Å². The van der Waals surface area contributed by atoms with E-state index in [1.54, 1.807) is 0 Å². The fraction of sp³-hybridized carbons (Fsp3) is 0. The molecule has 6 nitrogen and oxygen atoms in total. The molecule has 0 saturated carbocycles. The Bertz CT molecular complexity index is 718. The molecule has 106 valence electrons. The Morgan fingerprint density at radius 2 is 2.00 bits per heavy atom. The SMILES string of the molecule is O=C(N/N=C\C(Br)=C\c1ccccc1)c1ccc(=O)[nH]n1. The molecule has 2 aromatic rings. The summed E-state index contributed by atoms with van der Waals surface area (Å²) >= 11 is 3.33. The number of hydrogen-bond acceptors (Lipinski definition) is 4. The lowest BCUT2D eigenvalue weighted by Crippen LogP contribution is -2.21. The molecule has 0 aliphatic heterocycles. The van der Waals surface area contributed by atoms with Crippen molar-refractivity contribution in [3.05, 3.63) is 68.6 Å². The maximum absolute atomic E-state index is 11.7. The first kappa shape index (κ1) is 14.9. The van der Waals surface area contributed by atoms with E-state index >= 15 is 0 Å². The van der Waals surface area contributed by atoms with Crippen LogP contribution >= 0.6 is 15.9 Å². The molecule has 0 bridgehead atoms. The summed E-state index contributed by atoms with van der Waals surface area (Å²) in [5.74, 6) is -0.512. The number of carbonyl (C=O) groups excluding carboxylic acids is 1. The highest BCUT2D eigenvalue weighted by Crippen LogP contribution is 2.09. The van der Waals surface area contributed by atoms with E-state index in [0.717, 1.165) is 5.56 Å². The molecule has 2 N–H and O–H groups in total. The van der Waals surface area contributed by atoms with Crippen molar-refractivity contribution >= 4 is 34.1 Å². The van der Waals surface area contributed by atoms with Crippen LogP contribution in [0.1, 0.15) is 16.1 Å². The topological polar surface area (TPSA) is 87.2 Å². The molecule has 0 fully saturated rings. The zero-order valence-corrected chi connectivity index (χ0v) is 12.4. The molecule has 0 aliphatic rings. The van der Waals surface area contributed by atoms with Crippen molar-refractivity contribution in [3.8, 4) is 0 Å². The zero-order valence-electron chi connectivity index (χ0n) is 10.8. The molecule has 0 spiro atoms. The van der Waals surface area contributed by atoms with Gasteiger partial charge in [-0.3, -0.25) is 9.59 Å². The maximum Gasteiger partial charge on any atom is 0.291 e. The molecule has 1 aromatic heterocycles. The fourth-order valence-corrected chi connectivity index (χ4v) is 1.79. The molecule has 0 aliphatic carbocycles. The van der Waals surface area contributed by atoms with E-state index in [1.807, 2.05) is 36.4 Å². The second-order valence-electron chi connectivity index (χ2n) is 3.95. The molecule has 1 amide bonds. The third-order valence-corrected chi connectivity index (χ3v) is 2.80. The summed E-state index contributed by atoms with van der Waals surface area (Å²) in [6.45, 7) is 0. The van der Waals surface area contributed by atoms with Crippen LogP contribution in [0.2, 0.25) is 0 Å². The van der Waals surface area contributed by atoms with Gasteiger partial charge >= 0.3 is 0 Å². The normalized spacial score (nSPS) is 11.6. The first-order chi connectivity index (χ1) is 10.1. The third-order valence-electron chi connectivity index (χ3n) is 2.37. The van der Waals surface area contributed by atoms with Crippen LogP contribution in [0.4, 0.5) is 0 Å². The molecule has 2 rings (SSSR count). The minimum Gasteiger partial charge on any atom is -0.268 e. The number of aromatic amines is 1. The van der Waals surface area contributed by atoms with Crippen LogP contribution < -0.4 is 11.0 Å². The average Bonchev–Trinajstić information content (AvgIpc) is 2.49. The highest BCUT2D eigenvalue weighted by Gasteiger charge is 2.05. The van der Waals surface area contributed by atoms with Crippen molar-refractivity contribution in [2.75, 3.05) is 0 Å². The number of hydrogen-bond donors (Lipinski definition) is 2. The number of hydrazone groups is 1.